The van der Waals surface area contributed by atoms with Crippen LogP contribution in [-0.4, -0.2) is 55.2 Å². The first-order chi connectivity index (χ1) is 15.1. The van der Waals surface area contributed by atoms with E-state index in [9.17, 15) is 13.2 Å². The smallest absolute Gasteiger partial charge is 0.410 e. The molecule has 0 bridgehead atoms. The third-order valence-corrected chi connectivity index (χ3v) is 8.99. The number of likely N-dealkylation sites (tertiary alicyclic amines) is 1. The molecule has 2 heterocycles. The van der Waals surface area contributed by atoms with Gasteiger partial charge in [-0.2, -0.15) is 4.31 Å². The van der Waals surface area contributed by atoms with E-state index in [1.807, 2.05) is 24.0 Å². The van der Waals surface area contributed by atoms with Crippen molar-refractivity contribution in [1.82, 2.24) is 9.21 Å². The summed E-state index contributed by atoms with van der Waals surface area (Å²) in [6.45, 7) is 4.58. The molecule has 32 heavy (non-hydrogen) atoms. The fourth-order valence-corrected chi connectivity index (χ4v) is 5.82. The number of nitrogens with zero attached hydrogens (tertiary/aromatic N) is 2. The normalized spacial score (nSPS) is 22.3. The minimum atomic E-state index is -3.15. The molecule has 0 radical (unpaired) electrons. The molecule has 1 atom stereocenters. The number of fused-ring (bicyclic) bond motifs is 1. The minimum absolute atomic E-state index is 0.0254. The molecular formula is C24H35ClN2O4S. The third kappa shape index (κ3) is 5.97. The maximum absolute atomic E-state index is 12.2. The van der Waals surface area contributed by atoms with Crippen LogP contribution in [0.2, 0.25) is 0 Å². The van der Waals surface area contributed by atoms with E-state index in [-0.39, 0.29) is 17.1 Å². The Morgan fingerprint density at radius 1 is 1.22 bits per heavy atom. The number of hydrogen-bond acceptors (Lipinski definition) is 4. The lowest BCUT2D eigenvalue weighted by Gasteiger charge is -2.32. The summed E-state index contributed by atoms with van der Waals surface area (Å²) in [5.41, 5.74) is 3.22. The number of rotatable bonds is 7. The predicted octanol–water partition coefficient (Wildman–Crippen LogP) is 4.86. The molecule has 6 nitrogen and oxygen atoms in total. The molecule has 0 spiro atoms. The van der Waals surface area contributed by atoms with Crippen LogP contribution in [0.3, 0.4) is 0 Å². The highest BCUT2D eigenvalue weighted by molar-refractivity contribution is 7.88. The molecule has 1 amide bonds. The largest absolute Gasteiger partial charge is 0.443 e. The maximum atomic E-state index is 12.2. The van der Waals surface area contributed by atoms with Gasteiger partial charge in [0, 0.05) is 26.2 Å². The van der Waals surface area contributed by atoms with Gasteiger partial charge in [-0.1, -0.05) is 31.0 Å². The fourth-order valence-electron chi connectivity index (χ4n) is 4.73. The minimum Gasteiger partial charge on any atom is -0.443 e. The van der Waals surface area contributed by atoms with E-state index in [1.54, 1.807) is 0 Å². The maximum Gasteiger partial charge on any atom is 0.410 e. The van der Waals surface area contributed by atoms with Crippen LogP contribution in [0.1, 0.15) is 73.9 Å². The molecule has 1 saturated carbocycles. The molecule has 1 saturated heterocycles. The van der Waals surface area contributed by atoms with Crippen LogP contribution in [-0.2, 0) is 27.7 Å². The number of amides is 1. The standard InChI is InChI=1S/C24H35ClN2O4S/c1-24(11-12-24)31-23(28)26-13-8-18(9-14-26)4-3-5-22(25)20-6-7-21-17-27(32(2,29)30)15-10-19(21)16-20/h6-7,16,18,22H,3-5,8-15,17H2,1-2H3. The number of halogens is 1. The van der Waals surface area contributed by atoms with Gasteiger partial charge in [0.15, 0.2) is 0 Å². The van der Waals surface area contributed by atoms with Crippen molar-refractivity contribution < 1.29 is 17.9 Å². The lowest BCUT2D eigenvalue weighted by molar-refractivity contribution is 0.0484. The van der Waals surface area contributed by atoms with Crippen molar-refractivity contribution in [2.75, 3.05) is 25.9 Å². The molecule has 0 N–H and O–H groups in total. The summed E-state index contributed by atoms with van der Waals surface area (Å²) in [7, 11) is -3.15. The zero-order valence-corrected chi connectivity index (χ0v) is 20.8. The van der Waals surface area contributed by atoms with Crippen molar-refractivity contribution in [2.24, 2.45) is 5.92 Å². The van der Waals surface area contributed by atoms with Gasteiger partial charge in [0.2, 0.25) is 10.0 Å². The molecule has 1 aliphatic carbocycles. The van der Waals surface area contributed by atoms with Crippen LogP contribution in [0.4, 0.5) is 4.79 Å². The monoisotopic (exact) mass is 482 g/mol. The van der Waals surface area contributed by atoms with Crippen LogP contribution in [0, 0.1) is 5.92 Å². The second-order valence-corrected chi connectivity index (χ2v) is 12.5. The fraction of sp³-hybridized carbons (Fsp3) is 0.708. The summed E-state index contributed by atoms with van der Waals surface area (Å²) < 4.78 is 30.7. The lowest BCUT2D eigenvalue weighted by atomic mass is 9.90. The van der Waals surface area contributed by atoms with E-state index < -0.39 is 10.0 Å². The van der Waals surface area contributed by atoms with Gasteiger partial charge in [0.05, 0.1) is 11.6 Å². The number of ether oxygens (including phenoxy) is 1. The van der Waals surface area contributed by atoms with Crippen molar-refractivity contribution in [3.63, 3.8) is 0 Å². The van der Waals surface area contributed by atoms with Gasteiger partial charge < -0.3 is 9.64 Å². The molecule has 2 aliphatic heterocycles. The molecule has 178 valence electrons. The first-order valence-corrected chi connectivity index (χ1v) is 14.1. The molecular weight excluding hydrogens is 448 g/mol. The number of carbonyl (C=O) groups excluding carboxylic acids is 1. The molecule has 4 rings (SSSR count). The van der Waals surface area contributed by atoms with Gasteiger partial charge >= 0.3 is 6.09 Å². The Balaban J connectivity index is 1.20. The SMILES string of the molecule is CC1(OC(=O)N2CCC(CCCC(Cl)c3ccc4c(c3)CCN(S(C)(=O)=O)C4)CC2)CC1. The van der Waals surface area contributed by atoms with Gasteiger partial charge in [-0.3, -0.25) is 0 Å². The second-order valence-electron chi connectivity index (χ2n) is 10.0. The number of carbonyl (C=O) groups is 1. The zero-order valence-electron chi connectivity index (χ0n) is 19.2. The van der Waals surface area contributed by atoms with Crippen molar-refractivity contribution in [2.45, 2.75) is 75.8 Å². The second kappa shape index (κ2) is 9.51. The first-order valence-electron chi connectivity index (χ1n) is 11.8. The van der Waals surface area contributed by atoms with Crippen LogP contribution >= 0.6 is 11.6 Å². The number of alkyl halides is 1. The summed E-state index contributed by atoms with van der Waals surface area (Å²) in [4.78, 5) is 14.1. The summed E-state index contributed by atoms with van der Waals surface area (Å²) >= 11 is 6.72. The average molecular weight is 483 g/mol. The Hall–Kier alpha value is -1.31. The molecule has 8 heteroatoms. The van der Waals surface area contributed by atoms with Gasteiger partial charge in [0.25, 0.3) is 0 Å². The summed E-state index contributed by atoms with van der Waals surface area (Å²) in [6, 6.07) is 6.25. The highest BCUT2D eigenvalue weighted by Crippen LogP contribution is 2.39. The van der Waals surface area contributed by atoms with Gasteiger partial charge in [-0.05, 0) is 68.1 Å². The highest BCUT2D eigenvalue weighted by atomic mass is 35.5. The van der Waals surface area contributed by atoms with Crippen LogP contribution in [0.15, 0.2) is 18.2 Å². The van der Waals surface area contributed by atoms with E-state index in [0.717, 1.165) is 75.6 Å². The predicted molar refractivity (Wildman–Crippen MR) is 126 cm³/mol. The molecule has 1 aromatic rings. The Bertz CT molecular complexity index is 939. The van der Waals surface area contributed by atoms with Crippen molar-refractivity contribution >= 4 is 27.7 Å². The Kier molecular flexibility index (Phi) is 7.08. The molecule has 2 fully saturated rings. The van der Waals surface area contributed by atoms with E-state index in [1.165, 1.54) is 16.1 Å². The Labute approximate surface area is 197 Å². The van der Waals surface area contributed by atoms with Gasteiger partial charge in [-0.15, -0.1) is 11.6 Å². The molecule has 3 aliphatic rings. The topological polar surface area (TPSA) is 66.9 Å². The van der Waals surface area contributed by atoms with Crippen LogP contribution in [0.25, 0.3) is 0 Å². The van der Waals surface area contributed by atoms with E-state index >= 15 is 0 Å². The number of hydrogen-bond donors (Lipinski definition) is 0. The van der Waals surface area contributed by atoms with Crippen molar-refractivity contribution in [3.05, 3.63) is 34.9 Å². The van der Waals surface area contributed by atoms with Gasteiger partial charge in [-0.25, -0.2) is 13.2 Å². The number of sulfonamides is 1. The quantitative estimate of drug-likeness (QED) is 0.521. The highest BCUT2D eigenvalue weighted by Gasteiger charge is 2.43. The average Bonchev–Trinajstić information content (AvgIpc) is 3.49. The van der Waals surface area contributed by atoms with Crippen molar-refractivity contribution in [1.29, 1.82) is 0 Å². The Morgan fingerprint density at radius 2 is 1.94 bits per heavy atom. The molecule has 1 aromatic carbocycles. The number of benzene rings is 1. The number of piperidine rings is 1. The van der Waals surface area contributed by atoms with Gasteiger partial charge in [0.1, 0.15) is 5.60 Å². The summed E-state index contributed by atoms with van der Waals surface area (Å²) in [5, 5.41) is -0.0254. The molecule has 1 unspecified atom stereocenters. The third-order valence-electron chi connectivity index (χ3n) is 7.27. The lowest BCUT2D eigenvalue weighted by Crippen LogP contribution is -2.40. The molecule has 0 aromatic heterocycles. The summed E-state index contributed by atoms with van der Waals surface area (Å²) in [6.07, 6.45) is 9.04. The van der Waals surface area contributed by atoms with E-state index in [2.05, 4.69) is 6.07 Å². The zero-order chi connectivity index (χ0) is 22.9. The van der Waals surface area contributed by atoms with Crippen LogP contribution < -0.4 is 0 Å². The summed E-state index contributed by atoms with van der Waals surface area (Å²) in [5.74, 6) is 0.643. The van der Waals surface area contributed by atoms with Crippen LogP contribution in [0.5, 0.6) is 0 Å². The van der Waals surface area contributed by atoms with Crippen molar-refractivity contribution in [3.8, 4) is 0 Å². The first kappa shape index (κ1) is 23.8. The van der Waals surface area contributed by atoms with E-state index in [0.29, 0.717) is 19.0 Å². The van der Waals surface area contributed by atoms with E-state index in [4.69, 9.17) is 16.3 Å². The Morgan fingerprint density at radius 3 is 2.59 bits per heavy atom.